The lowest BCUT2D eigenvalue weighted by Crippen LogP contribution is -2.27. The van der Waals surface area contributed by atoms with Crippen LogP contribution in [0.25, 0.3) is 0 Å². The molecular weight excluding hydrogens is 523 g/mol. The molecule has 15 nitrogen and oxygen atoms in total. The highest BCUT2D eigenvalue weighted by Crippen LogP contribution is 2.67. The summed E-state index contributed by atoms with van der Waals surface area (Å²) in [6.45, 7) is -0.0403. The summed E-state index contributed by atoms with van der Waals surface area (Å²) in [6, 6.07) is 8.75. The van der Waals surface area contributed by atoms with E-state index in [1.54, 1.807) is 37.3 Å². The number of alkyl carbamates (subject to hydrolysis) is 1. The molecule has 1 aliphatic heterocycles. The molecule has 1 saturated heterocycles. The first-order valence-corrected chi connectivity index (χ1v) is 14.2. The maximum absolute atomic E-state index is 11.8. The van der Waals surface area contributed by atoms with Gasteiger partial charge in [0.05, 0.1) is 25.4 Å². The first-order chi connectivity index (χ1) is 15.8. The Bertz CT molecular complexity index is 946. The van der Waals surface area contributed by atoms with Crippen molar-refractivity contribution in [3.05, 3.63) is 35.9 Å². The molecule has 0 bridgehead atoms. The summed E-state index contributed by atoms with van der Waals surface area (Å²) in [6.07, 6.45) is -2.94. The van der Waals surface area contributed by atoms with E-state index in [-0.39, 0.29) is 25.7 Å². The molecule has 1 heterocycles. The number of amides is 1. The van der Waals surface area contributed by atoms with Crippen molar-refractivity contribution in [2.45, 2.75) is 38.3 Å². The highest BCUT2D eigenvalue weighted by molar-refractivity contribution is 7.66. The van der Waals surface area contributed by atoms with Gasteiger partial charge in [0.25, 0.3) is 0 Å². The molecule has 1 fully saturated rings. The Kier molecular flexibility index (Phi) is 10.8. The van der Waals surface area contributed by atoms with E-state index in [4.69, 9.17) is 9.47 Å². The number of hydrogen-bond donors (Lipinski definition) is 5. The van der Waals surface area contributed by atoms with E-state index in [0.717, 1.165) is 5.56 Å². The van der Waals surface area contributed by atoms with Gasteiger partial charge in [0.1, 0.15) is 12.7 Å². The van der Waals surface area contributed by atoms with Crippen LogP contribution in [-0.2, 0) is 47.4 Å². The fourth-order valence-corrected chi connectivity index (χ4v) is 6.17. The number of carbonyl (C=O) groups excluding carboxylic acids is 1. The predicted molar refractivity (Wildman–Crippen MR) is 113 cm³/mol. The second kappa shape index (κ2) is 12.7. The lowest BCUT2D eigenvalue weighted by atomic mass is 10.1. The van der Waals surface area contributed by atoms with E-state index in [2.05, 4.69) is 23.0 Å². The van der Waals surface area contributed by atoms with Gasteiger partial charge in [0.2, 0.25) is 0 Å². The molecule has 0 radical (unpaired) electrons. The number of carbonyl (C=O) groups is 1. The van der Waals surface area contributed by atoms with Crippen molar-refractivity contribution in [2.75, 3.05) is 19.8 Å². The van der Waals surface area contributed by atoms with Crippen molar-refractivity contribution in [1.29, 1.82) is 0 Å². The van der Waals surface area contributed by atoms with Gasteiger partial charge in [-0.05, 0) is 12.5 Å². The number of ether oxygens (including phenoxy) is 2. The lowest BCUT2D eigenvalue weighted by Gasteiger charge is -2.20. The van der Waals surface area contributed by atoms with Crippen molar-refractivity contribution in [3.63, 3.8) is 0 Å². The van der Waals surface area contributed by atoms with Gasteiger partial charge in [-0.25, -0.2) is 18.5 Å². The molecule has 0 aromatic heterocycles. The molecule has 1 aliphatic rings. The molecule has 194 valence electrons. The van der Waals surface area contributed by atoms with E-state index in [1.807, 2.05) is 0 Å². The van der Waals surface area contributed by atoms with Gasteiger partial charge in [-0.1, -0.05) is 30.3 Å². The van der Waals surface area contributed by atoms with Crippen LogP contribution in [0.15, 0.2) is 30.3 Å². The Morgan fingerprint density at radius 3 is 2.26 bits per heavy atom. The topological polar surface area (TPSA) is 217 Å². The van der Waals surface area contributed by atoms with Gasteiger partial charge in [-0.15, -0.1) is 0 Å². The fourth-order valence-electron chi connectivity index (χ4n) is 2.67. The summed E-state index contributed by atoms with van der Waals surface area (Å²) in [7, 11) is -16.2. The molecule has 2 rings (SSSR count). The molecule has 0 spiro atoms. The Morgan fingerprint density at radius 2 is 1.68 bits per heavy atom. The molecule has 6 atom stereocenters. The SMILES string of the molecule is C[C@H]1C[C@@H](O)[C@@H](COP(=O)(O)OP(=O)(O)OP(=O)(O)OCCNC(=O)OCc2ccccc2)O1. The van der Waals surface area contributed by atoms with Crippen LogP contribution in [-0.4, -0.2) is 64.0 Å². The average Bonchev–Trinajstić information content (AvgIpc) is 3.04. The zero-order chi connectivity index (χ0) is 25.4. The molecule has 18 heteroatoms. The van der Waals surface area contributed by atoms with E-state index < -0.39 is 55.0 Å². The van der Waals surface area contributed by atoms with E-state index in [0.29, 0.717) is 0 Å². The second-order valence-electron chi connectivity index (χ2n) is 6.97. The van der Waals surface area contributed by atoms with Crippen LogP contribution < -0.4 is 5.32 Å². The first kappa shape index (κ1) is 29.1. The van der Waals surface area contributed by atoms with E-state index >= 15 is 0 Å². The third kappa shape index (κ3) is 11.0. The van der Waals surface area contributed by atoms with Crippen LogP contribution in [0, 0.1) is 0 Å². The van der Waals surface area contributed by atoms with Gasteiger partial charge in [0, 0.05) is 13.0 Å². The van der Waals surface area contributed by atoms with Crippen molar-refractivity contribution in [1.82, 2.24) is 5.32 Å². The Balaban J connectivity index is 1.70. The quantitative estimate of drug-likeness (QED) is 0.175. The zero-order valence-corrected chi connectivity index (χ0v) is 20.6. The molecule has 0 aliphatic carbocycles. The number of hydrogen-bond acceptors (Lipinski definition) is 11. The maximum Gasteiger partial charge on any atom is 0.490 e. The number of rotatable bonds is 13. The molecule has 1 aromatic carbocycles. The normalized spacial score (nSPS) is 25.6. The van der Waals surface area contributed by atoms with Crippen LogP contribution >= 0.6 is 23.5 Å². The van der Waals surface area contributed by atoms with Crippen LogP contribution in [0.3, 0.4) is 0 Å². The maximum atomic E-state index is 11.8. The lowest BCUT2D eigenvalue weighted by molar-refractivity contribution is -0.0167. The van der Waals surface area contributed by atoms with Crippen molar-refractivity contribution < 1.29 is 65.4 Å². The predicted octanol–water partition coefficient (Wildman–Crippen LogP) is 1.82. The molecule has 1 aromatic rings. The summed E-state index contributed by atoms with van der Waals surface area (Å²) in [5.74, 6) is 0. The standard InChI is InChI=1S/C16H26NO14P3/c1-12-9-14(18)15(29-12)11-28-33(22,23)31-34(24,25)30-32(20,21)27-8-7-17-16(19)26-10-13-5-3-2-4-6-13/h2-6,12,14-15,18H,7-11H2,1H3,(H,17,19)(H,20,21)(H,22,23)(H,24,25)/t12-,14+,15+/m0/s1. The number of phosphoric acid groups is 3. The highest BCUT2D eigenvalue weighted by atomic mass is 31.3. The minimum absolute atomic E-state index is 0.0195. The van der Waals surface area contributed by atoms with Gasteiger partial charge in [-0.2, -0.15) is 8.62 Å². The first-order valence-electron chi connectivity index (χ1n) is 9.75. The molecular formula is C16H26NO14P3. The summed E-state index contributed by atoms with van der Waals surface area (Å²) in [4.78, 5) is 40.2. The summed E-state index contributed by atoms with van der Waals surface area (Å²) < 4.78 is 62.4. The van der Waals surface area contributed by atoms with E-state index in [1.165, 1.54) is 0 Å². The summed E-state index contributed by atoms with van der Waals surface area (Å²) in [5.41, 5.74) is 0.729. The fraction of sp³-hybridized carbons (Fsp3) is 0.562. The third-order valence-corrected chi connectivity index (χ3v) is 8.35. The van der Waals surface area contributed by atoms with Gasteiger partial charge < -0.3 is 34.6 Å². The van der Waals surface area contributed by atoms with Crippen molar-refractivity contribution >= 4 is 29.6 Å². The Labute approximate surface area is 194 Å². The summed E-state index contributed by atoms with van der Waals surface area (Å²) in [5, 5.41) is 11.9. The largest absolute Gasteiger partial charge is 0.490 e. The smallest absolute Gasteiger partial charge is 0.445 e. The molecule has 5 N–H and O–H groups in total. The molecule has 1 amide bonds. The molecule has 0 saturated carbocycles. The molecule has 34 heavy (non-hydrogen) atoms. The summed E-state index contributed by atoms with van der Waals surface area (Å²) >= 11 is 0. The van der Waals surface area contributed by atoms with Gasteiger partial charge >= 0.3 is 29.6 Å². The van der Waals surface area contributed by atoms with Crippen LogP contribution in [0.2, 0.25) is 0 Å². The Hall–Kier alpha value is -1.18. The van der Waals surface area contributed by atoms with E-state index in [9.17, 15) is 38.3 Å². The highest BCUT2D eigenvalue weighted by Gasteiger charge is 2.43. The second-order valence-corrected chi connectivity index (χ2v) is 11.6. The molecule has 3 unspecified atom stereocenters. The van der Waals surface area contributed by atoms with Gasteiger partial charge in [0.15, 0.2) is 0 Å². The van der Waals surface area contributed by atoms with Gasteiger partial charge in [-0.3, -0.25) is 9.05 Å². The average molecular weight is 549 g/mol. The van der Waals surface area contributed by atoms with Crippen molar-refractivity contribution in [3.8, 4) is 0 Å². The van der Waals surface area contributed by atoms with Crippen LogP contribution in [0.5, 0.6) is 0 Å². The third-order valence-electron chi connectivity index (χ3n) is 4.06. The van der Waals surface area contributed by atoms with Crippen molar-refractivity contribution in [2.24, 2.45) is 0 Å². The zero-order valence-electron chi connectivity index (χ0n) is 17.9. The number of aliphatic hydroxyl groups excluding tert-OH is 1. The monoisotopic (exact) mass is 549 g/mol. The van der Waals surface area contributed by atoms with Crippen LogP contribution in [0.1, 0.15) is 18.9 Å². The van der Waals surface area contributed by atoms with Crippen LogP contribution in [0.4, 0.5) is 4.79 Å². The number of benzene rings is 1. The Morgan fingerprint density at radius 1 is 1.06 bits per heavy atom. The minimum Gasteiger partial charge on any atom is -0.445 e. The minimum atomic E-state index is -5.63. The number of nitrogens with one attached hydrogen (secondary N) is 1. The number of aliphatic hydroxyl groups is 1. The number of phosphoric ester groups is 2.